The zero-order chi connectivity index (χ0) is 15.9. The van der Waals surface area contributed by atoms with Gasteiger partial charge in [-0.3, -0.25) is 4.79 Å². The predicted molar refractivity (Wildman–Crippen MR) is 82.1 cm³/mol. The lowest BCUT2D eigenvalue weighted by molar-refractivity contribution is -0.136. The summed E-state index contributed by atoms with van der Waals surface area (Å²) in [6.45, 7) is 6.35. The van der Waals surface area contributed by atoms with Crippen LogP contribution in [0, 0.1) is 0 Å². The number of hydrogen-bond donors (Lipinski definition) is 3. The second-order valence-corrected chi connectivity index (χ2v) is 5.78. The summed E-state index contributed by atoms with van der Waals surface area (Å²) in [7, 11) is 0. The largest absolute Gasteiger partial charge is 0.481 e. The minimum absolute atomic E-state index is 0.0409. The van der Waals surface area contributed by atoms with Crippen LogP contribution < -0.4 is 10.6 Å². The summed E-state index contributed by atoms with van der Waals surface area (Å²) in [5.41, 5.74) is 1.29. The van der Waals surface area contributed by atoms with E-state index in [4.69, 9.17) is 5.11 Å². The summed E-state index contributed by atoms with van der Waals surface area (Å²) >= 11 is 0. The Labute approximate surface area is 125 Å². The van der Waals surface area contributed by atoms with E-state index in [1.165, 1.54) is 0 Å². The molecule has 5 heteroatoms. The molecule has 1 aromatic rings. The quantitative estimate of drug-likeness (QED) is 0.723. The molecule has 21 heavy (non-hydrogen) atoms. The van der Waals surface area contributed by atoms with Gasteiger partial charge in [0.25, 0.3) is 0 Å². The van der Waals surface area contributed by atoms with Crippen LogP contribution in [-0.2, 0) is 17.8 Å². The molecule has 0 fully saturated rings. The van der Waals surface area contributed by atoms with E-state index in [-0.39, 0.29) is 18.0 Å². The normalized spacial score (nSPS) is 11.0. The highest BCUT2D eigenvalue weighted by Gasteiger charge is 2.19. The Balaban J connectivity index is 2.59. The van der Waals surface area contributed by atoms with Crippen molar-refractivity contribution >= 4 is 12.0 Å². The van der Waals surface area contributed by atoms with Crippen molar-refractivity contribution in [1.82, 2.24) is 10.6 Å². The first-order valence-electron chi connectivity index (χ1n) is 7.18. The van der Waals surface area contributed by atoms with E-state index in [1.807, 2.05) is 26.0 Å². The highest BCUT2D eigenvalue weighted by atomic mass is 16.4. The fourth-order valence-corrected chi connectivity index (χ4v) is 2.28. The summed E-state index contributed by atoms with van der Waals surface area (Å²) in [6, 6.07) is 6.99. The molecule has 1 aromatic carbocycles. The van der Waals surface area contributed by atoms with Crippen molar-refractivity contribution in [3.63, 3.8) is 0 Å². The highest BCUT2D eigenvalue weighted by Crippen LogP contribution is 2.11. The molecule has 0 unspecified atom stereocenters. The van der Waals surface area contributed by atoms with Gasteiger partial charge in [-0.1, -0.05) is 37.6 Å². The van der Waals surface area contributed by atoms with Crippen molar-refractivity contribution in [2.75, 3.05) is 0 Å². The van der Waals surface area contributed by atoms with Crippen molar-refractivity contribution in [3.8, 4) is 0 Å². The van der Waals surface area contributed by atoms with E-state index in [9.17, 15) is 9.59 Å². The molecule has 0 aromatic heterocycles. The van der Waals surface area contributed by atoms with Crippen molar-refractivity contribution in [2.45, 2.75) is 52.1 Å². The van der Waals surface area contributed by atoms with E-state index < -0.39 is 5.97 Å². The molecule has 116 valence electrons. The molecule has 0 atom stereocenters. The second kappa shape index (κ2) is 7.67. The van der Waals surface area contributed by atoms with Crippen LogP contribution in [0.1, 0.15) is 44.7 Å². The minimum Gasteiger partial charge on any atom is -0.481 e. The molecular weight excluding hydrogens is 268 g/mol. The molecule has 2 amide bonds. The Bertz CT molecular complexity index is 498. The summed E-state index contributed by atoms with van der Waals surface area (Å²) in [6.07, 6.45) is 1.85. The molecule has 3 N–H and O–H groups in total. The number of aliphatic carboxylic acids is 1. The van der Waals surface area contributed by atoms with Gasteiger partial charge < -0.3 is 15.7 Å². The zero-order valence-corrected chi connectivity index (χ0v) is 12.9. The van der Waals surface area contributed by atoms with Crippen LogP contribution in [-0.4, -0.2) is 22.6 Å². The lowest BCUT2D eigenvalue weighted by Crippen LogP contribution is -2.48. The molecule has 0 heterocycles. The third-order valence-corrected chi connectivity index (χ3v) is 3.23. The number of nitrogens with one attached hydrogen (secondary N) is 2. The van der Waals surface area contributed by atoms with Gasteiger partial charge in [-0.05, 0) is 31.4 Å². The van der Waals surface area contributed by atoms with Crippen LogP contribution in [0.25, 0.3) is 0 Å². The van der Waals surface area contributed by atoms with Crippen molar-refractivity contribution in [3.05, 3.63) is 35.4 Å². The van der Waals surface area contributed by atoms with Crippen molar-refractivity contribution in [2.24, 2.45) is 0 Å². The number of urea groups is 1. The van der Waals surface area contributed by atoms with E-state index in [1.54, 1.807) is 12.1 Å². The maximum Gasteiger partial charge on any atom is 0.315 e. The lowest BCUT2D eigenvalue weighted by Gasteiger charge is -2.26. The maximum atomic E-state index is 11.9. The SMILES string of the molecule is CCCC(C)(C)NC(=O)NCc1ccccc1CC(=O)O. The molecule has 0 aliphatic heterocycles. The van der Waals surface area contributed by atoms with Gasteiger partial charge in [-0.15, -0.1) is 0 Å². The number of carboxylic acids is 1. The van der Waals surface area contributed by atoms with E-state index in [2.05, 4.69) is 17.6 Å². The molecule has 0 bridgehead atoms. The molecular formula is C16H24N2O3. The first kappa shape index (κ1) is 17.0. The average molecular weight is 292 g/mol. The fraction of sp³-hybridized carbons (Fsp3) is 0.500. The number of amides is 2. The predicted octanol–water partition coefficient (Wildman–Crippen LogP) is 2.69. The van der Waals surface area contributed by atoms with Crippen LogP contribution in [0.15, 0.2) is 24.3 Å². The molecule has 0 aliphatic rings. The van der Waals surface area contributed by atoms with E-state index >= 15 is 0 Å². The van der Waals surface area contributed by atoms with Crippen LogP contribution in [0.2, 0.25) is 0 Å². The van der Waals surface area contributed by atoms with Gasteiger partial charge in [-0.25, -0.2) is 4.79 Å². The average Bonchev–Trinajstić information content (AvgIpc) is 2.36. The van der Waals surface area contributed by atoms with Crippen LogP contribution >= 0.6 is 0 Å². The molecule has 0 radical (unpaired) electrons. The van der Waals surface area contributed by atoms with Gasteiger partial charge in [0.1, 0.15) is 0 Å². The molecule has 1 rings (SSSR count). The van der Waals surface area contributed by atoms with Crippen LogP contribution in [0.3, 0.4) is 0 Å². The third-order valence-electron chi connectivity index (χ3n) is 3.23. The van der Waals surface area contributed by atoms with E-state index in [0.717, 1.165) is 24.0 Å². The monoisotopic (exact) mass is 292 g/mol. The number of carbonyl (C=O) groups is 2. The van der Waals surface area contributed by atoms with Gasteiger partial charge in [0.05, 0.1) is 6.42 Å². The number of rotatable bonds is 7. The molecule has 0 saturated carbocycles. The standard InChI is InChI=1S/C16H24N2O3/c1-4-9-16(2,3)18-15(21)17-11-13-8-6-5-7-12(13)10-14(19)20/h5-8H,4,9-11H2,1-3H3,(H,19,20)(H2,17,18,21). The number of carboxylic acid groups (broad SMARTS) is 1. The molecule has 5 nitrogen and oxygen atoms in total. The van der Waals surface area contributed by atoms with Crippen LogP contribution in [0.4, 0.5) is 4.79 Å². The third kappa shape index (κ3) is 6.29. The number of benzene rings is 1. The summed E-state index contributed by atoms with van der Waals surface area (Å²) in [5, 5.41) is 14.6. The minimum atomic E-state index is -0.879. The molecule has 0 aliphatic carbocycles. The van der Waals surface area contributed by atoms with Crippen molar-refractivity contribution in [1.29, 1.82) is 0 Å². The molecule has 0 saturated heterocycles. The Morgan fingerprint density at radius 3 is 2.38 bits per heavy atom. The Morgan fingerprint density at radius 1 is 1.19 bits per heavy atom. The lowest BCUT2D eigenvalue weighted by atomic mass is 9.99. The van der Waals surface area contributed by atoms with Gasteiger partial charge >= 0.3 is 12.0 Å². The highest BCUT2D eigenvalue weighted by molar-refractivity contribution is 5.75. The van der Waals surface area contributed by atoms with Gasteiger partial charge in [0.15, 0.2) is 0 Å². The maximum absolute atomic E-state index is 11.9. The topological polar surface area (TPSA) is 78.4 Å². The van der Waals surface area contributed by atoms with E-state index in [0.29, 0.717) is 6.54 Å². The fourth-order valence-electron chi connectivity index (χ4n) is 2.28. The van der Waals surface area contributed by atoms with Crippen LogP contribution in [0.5, 0.6) is 0 Å². The first-order valence-corrected chi connectivity index (χ1v) is 7.18. The second-order valence-electron chi connectivity index (χ2n) is 5.78. The van der Waals surface area contributed by atoms with Gasteiger partial charge in [0, 0.05) is 12.1 Å². The summed E-state index contributed by atoms with van der Waals surface area (Å²) in [4.78, 5) is 22.7. The Hall–Kier alpha value is -2.04. The van der Waals surface area contributed by atoms with Gasteiger partial charge in [0.2, 0.25) is 0 Å². The zero-order valence-electron chi connectivity index (χ0n) is 12.9. The van der Waals surface area contributed by atoms with Gasteiger partial charge in [-0.2, -0.15) is 0 Å². The Morgan fingerprint density at radius 2 is 1.81 bits per heavy atom. The first-order chi connectivity index (χ1) is 9.84. The smallest absolute Gasteiger partial charge is 0.315 e. The number of hydrogen-bond acceptors (Lipinski definition) is 2. The Kier molecular flexibility index (Phi) is 6.21. The molecule has 0 spiro atoms. The summed E-state index contributed by atoms with van der Waals surface area (Å²) < 4.78 is 0. The summed E-state index contributed by atoms with van der Waals surface area (Å²) in [5.74, 6) is -0.879. The van der Waals surface area contributed by atoms with Crippen molar-refractivity contribution < 1.29 is 14.7 Å². The number of carbonyl (C=O) groups excluding carboxylic acids is 1.